The molecule has 140 valence electrons. The second-order valence-corrected chi connectivity index (χ2v) is 6.23. The highest BCUT2D eigenvalue weighted by Gasteiger charge is 2.26. The maximum Gasteiger partial charge on any atom is 0.407 e. The number of ether oxygens (including phenoxy) is 2. The Morgan fingerprint density at radius 2 is 1.78 bits per heavy atom. The van der Waals surface area contributed by atoms with E-state index in [1.165, 1.54) is 7.11 Å². The van der Waals surface area contributed by atoms with Gasteiger partial charge in [-0.15, -0.1) is 0 Å². The molecule has 1 unspecified atom stereocenters. The number of methoxy groups -OCH3 is 1. The molecule has 0 fully saturated rings. The monoisotopic (exact) mass is 366 g/mol. The lowest BCUT2D eigenvalue weighted by molar-refractivity contribution is -0.142. The number of aromatic nitrogens is 1. The first-order valence-corrected chi connectivity index (χ1v) is 8.66. The summed E-state index contributed by atoms with van der Waals surface area (Å²) >= 11 is 0. The van der Waals surface area contributed by atoms with Crippen LogP contribution in [0.15, 0.2) is 60.8 Å². The number of hydrogen-bond donors (Lipinski definition) is 1. The summed E-state index contributed by atoms with van der Waals surface area (Å²) in [6, 6.07) is 17.2. The molecule has 0 saturated heterocycles. The molecule has 3 aromatic rings. The first-order valence-electron chi connectivity index (χ1n) is 8.66. The van der Waals surface area contributed by atoms with Gasteiger partial charge in [-0.05, 0) is 17.2 Å². The molecule has 6 nitrogen and oxygen atoms in total. The molecule has 27 heavy (non-hydrogen) atoms. The van der Waals surface area contributed by atoms with E-state index in [4.69, 9.17) is 9.47 Å². The minimum Gasteiger partial charge on any atom is -0.468 e. The number of fused-ring (bicyclic) bond motifs is 1. The Balaban J connectivity index is 1.70. The fourth-order valence-electron chi connectivity index (χ4n) is 3.07. The van der Waals surface area contributed by atoms with E-state index in [-0.39, 0.29) is 13.2 Å². The number of nitrogens with zero attached hydrogens (tertiary/aromatic N) is 1. The Morgan fingerprint density at radius 1 is 1.07 bits per heavy atom. The third-order valence-corrected chi connectivity index (χ3v) is 4.45. The highest BCUT2D eigenvalue weighted by atomic mass is 16.5. The fourth-order valence-corrected chi connectivity index (χ4v) is 3.07. The number of aryl methyl sites for hydroxylation is 1. The van der Waals surface area contributed by atoms with E-state index in [0.717, 1.165) is 22.0 Å². The molecule has 0 aliphatic rings. The summed E-state index contributed by atoms with van der Waals surface area (Å²) in [6.45, 7) is 0.262. The molecule has 0 saturated carbocycles. The van der Waals surface area contributed by atoms with Crippen molar-refractivity contribution < 1.29 is 19.1 Å². The van der Waals surface area contributed by atoms with Gasteiger partial charge in [0, 0.05) is 30.7 Å². The van der Waals surface area contributed by atoms with Gasteiger partial charge in [0.25, 0.3) is 0 Å². The number of carbonyl (C=O) groups is 2. The number of nitrogens with one attached hydrogen (secondary N) is 1. The lowest BCUT2D eigenvalue weighted by Crippen LogP contribution is -2.32. The maximum absolute atomic E-state index is 12.3. The summed E-state index contributed by atoms with van der Waals surface area (Å²) in [5.74, 6) is -1.03. The number of amides is 1. The minimum atomic E-state index is -0.620. The third kappa shape index (κ3) is 4.28. The molecule has 1 amide bonds. The molecule has 0 bridgehead atoms. The van der Waals surface area contributed by atoms with Crippen molar-refractivity contribution in [3.63, 3.8) is 0 Å². The second kappa shape index (κ2) is 8.40. The number of benzene rings is 2. The van der Waals surface area contributed by atoms with Crippen LogP contribution in [0.5, 0.6) is 0 Å². The quantitative estimate of drug-likeness (QED) is 0.679. The summed E-state index contributed by atoms with van der Waals surface area (Å²) in [5, 5.41) is 3.62. The molecule has 1 atom stereocenters. The Labute approximate surface area is 157 Å². The Kier molecular flexibility index (Phi) is 5.76. The largest absolute Gasteiger partial charge is 0.468 e. The zero-order valence-corrected chi connectivity index (χ0v) is 15.3. The van der Waals surface area contributed by atoms with Gasteiger partial charge in [-0.2, -0.15) is 0 Å². The standard InChI is InChI=1S/C21H22N2O4/c1-23-13-18(16-10-6-7-11-19(16)23)17(20(24)26-2)12-22-21(25)27-14-15-8-4-3-5-9-15/h3-11,13,17H,12,14H2,1-2H3,(H,22,25). The Morgan fingerprint density at radius 3 is 2.52 bits per heavy atom. The van der Waals surface area contributed by atoms with Gasteiger partial charge in [-0.3, -0.25) is 4.79 Å². The van der Waals surface area contributed by atoms with E-state index in [1.807, 2.05) is 72.4 Å². The first kappa shape index (κ1) is 18.5. The number of para-hydroxylation sites is 1. The molecular weight excluding hydrogens is 344 g/mol. The molecule has 1 aromatic heterocycles. The van der Waals surface area contributed by atoms with Crippen LogP contribution in [-0.4, -0.2) is 30.3 Å². The summed E-state index contributed by atoms with van der Waals surface area (Å²) in [7, 11) is 3.26. The van der Waals surface area contributed by atoms with Gasteiger partial charge in [-0.1, -0.05) is 48.5 Å². The van der Waals surface area contributed by atoms with Gasteiger partial charge in [0.2, 0.25) is 0 Å². The molecule has 0 radical (unpaired) electrons. The van der Waals surface area contributed by atoms with Crippen LogP contribution in [0.2, 0.25) is 0 Å². The van der Waals surface area contributed by atoms with Gasteiger partial charge < -0.3 is 19.4 Å². The van der Waals surface area contributed by atoms with Crippen LogP contribution in [0.1, 0.15) is 17.0 Å². The average molecular weight is 366 g/mol. The van der Waals surface area contributed by atoms with Gasteiger partial charge in [0.15, 0.2) is 0 Å². The van der Waals surface area contributed by atoms with Crippen LogP contribution in [0.3, 0.4) is 0 Å². The molecule has 6 heteroatoms. The summed E-state index contributed by atoms with van der Waals surface area (Å²) in [5.41, 5.74) is 2.71. The predicted octanol–water partition coefficient (Wildman–Crippen LogP) is 3.36. The van der Waals surface area contributed by atoms with Gasteiger partial charge >= 0.3 is 12.1 Å². The van der Waals surface area contributed by atoms with Gasteiger partial charge in [0.1, 0.15) is 12.5 Å². The molecule has 0 spiro atoms. The second-order valence-electron chi connectivity index (χ2n) is 6.23. The van der Waals surface area contributed by atoms with Crippen LogP contribution in [0, 0.1) is 0 Å². The van der Waals surface area contributed by atoms with E-state index >= 15 is 0 Å². The highest BCUT2D eigenvalue weighted by Crippen LogP contribution is 2.28. The average Bonchev–Trinajstić information content (AvgIpc) is 3.04. The van der Waals surface area contributed by atoms with Crippen molar-refractivity contribution in [1.29, 1.82) is 0 Å². The third-order valence-electron chi connectivity index (χ3n) is 4.45. The number of hydrogen-bond acceptors (Lipinski definition) is 4. The number of carbonyl (C=O) groups excluding carboxylic acids is 2. The summed E-state index contributed by atoms with van der Waals surface area (Å²) in [6.07, 6.45) is 1.32. The van der Waals surface area contributed by atoms with Crippen LogP contribution in [-0.2, 0) is 27.9 Å². The van der Waals surface area contributed by atoms with Crippen LogP contribution >= 0.6 is 0 Å². The Bertz CT molecular complexity index is 934. The van der Waals surface area contributed by atoms with Gasteiger partial charge in [-0.25, -0.2) is 4.79 Å². The maximum atomic E-state index is 12.3. The highest BCUT2D eigenvalue weighted by molar-refractivity contribution is 5.90. The van der Waals surface area contributed by atoms with Crippen molar-refractivity contribution in [2.45, 2.75) is 12.5 Å². The zero-order valence-electron chi connectivity index (χ0n) is 15.3. The smallest absolute Gasteiger partial charge is 0.407 e. The molecule has 1 N–H and O–H groups in total. The fraction of sp³-hybridized carbons (Fsp3) is 0.238. The van der Waals surface area contributed by atoms with Crippen molar-refractivity contribution in [2.24, 2.45) is 7.05 Å². The SMILES string of the molecule is COC(=O)C(CNC(=O)OCc1ccccc1)c1cn(C)c2ccccc12. The summed E-state index contributed by atoms with van der Waals surface area (Å²) in [4.78, 5) is 24.4. The van der Waals surface area contributed by atoms with E-state index in [0.29, 0.717) is 0 Å². The molecule has 3 rings (SSSR count). The summed E-state index contributed by atoms with van der Waals surface area (Å²) < 4.78 is 12.1. The molecule has 2 aromatic carbocycles. The lowest BCUT2D eigenvalue weighted by Gasteiger charge is -2.15. The molecule has 0 aliphatic heterocycles. The number of esters is 1. The van der Waals surface area contributed by atoms with Gasteiger partial charge in [0.05, 0.1) is 7.11 Å². The number of alkyl carbamates (subject to hydrolysis) is 1. The van der Waals surface area contributed by atoms with Crippen LogP contribution in [0.25, 0.3) is 10.9 Å². The zero-order chi connectivity index (χ0) is 19.2. The molecule has 1 heterocycles. The number of rotatable bonds is 6. The molecule has 0 aliphatic carbocycles. The Hall–Kier alpha value is -3.28. The van der Waals surface area contributed by atoms with Crippen LogP contribution in [0.4, 0.5) is 4.79 Å². The van der Waals surface area contributed by atoms with E-state index in [9.17, 15) is 9.59 Å². The van der Waals surface area contributed by atoms with E-state index in [1.54, 1.807) is 0 Å². The van der Waals surface area contributed by atoms with Crippen molar-refractivity contribution in [3.05, 3.63) is 71.9 Å². The predicted molar refractivity (Wildman–Crippen MR) is 102 cm³/mol. The topological polar surface area (TPSA) is 69.6 Å². The lowest BCUT2D eigenvalue weighted by atomic mass is 9.98. The van der Waals surface area contributed by atoms with Crippen molar-refractivity contribution >= 4 is 23.0 Å². The van der Waals surface area contributed by atoms with Crippen molar-refractivity contribution in [3.8, 4) is 0 Å². The van der Waals surface area contributed by atoms with E-state index < -0.39 is 18.0 Å². The van der Waals surface area contributed by atoms with Crippen molar-refractivity contribution in [1.82, 2.24) is 9.88 Å². The van der Waals surface area contributed by atoms with E-state index in [2.05, 4.69) is 5.32 Å². The first-order chi connectivity index (χ1) is 13.1. The molecular formula is C21H22N2O4. The van der Waals surface area contributed by atoms with Crippen molar-refractivity contribution in [2.75, 3.05) is 13.7 Å². The minimum absolute atomic E-state index is 0.0916. The normalized spacial score (nSPS) is 11.8. The van der Waals surface area contributed by atoms with Crippen LogP contribution < -0.4 is 5.32 Å².